The Labute approximate surface area is 124 Å². The molecule has 3 heteroatoms. The fourth-order valence-electron chi connectivity index (χ4n) is 3.81. The second-order valence-electron chi connectivity index (χ2n) is 6.74. The molecule has 0 bridgehead atoms. The first-order valence-electron chi connectivity index (χ1n) is 8.60. The number of ether oxygens (including phenoxy) is 1. The van der Waals surface area contributed by atoms with Gasteiger partial charge in [-0.25, -0.2) is 0 Å². The van der Waals surface area contributed by atoms with E-state index in [1.165, 1.54) is 64.7 Å². The zero-order chi connectivity index (χ0) is 13.6. The number of hydrogen-bond donors (Lipinski definition) is 0. The Morgan fingerprint density at radius 3 is 2.50 bits per heavy atom. The topological polar surface area (TPSA) is 15.7 Å². The average molecular weight is 278 g/mol. The van der Waals surface area contributed by atoms with Crippen LogP contribution in [0.4, 0.5) is 0 Å². The van der Waals surface area contributed by atoms with Crippen molar-refractivity contribution >= 4 is 0 Å². The summed E-state index contributed by atoms with van der Waals surface area (Å²) in [7, 11) is 0. The van der Waals surface area contributed by atoms with Crippen molar-refractivity contribution < 1.29 is 4.74 Å². The van der Waals surface area contributed by atoms with E-state index < -0.39 is 0 Å². The van der Waals surface area contributed by atoms with Gasteiger partial charge in [-0.3, -0.25) is 9.80 Å². The molecule has 1 aliphatic carbocycles. The van der Waals surface area contributed by atoms with Crippen molar-refractivity contribution in [3.63, 3.8) is 0 Å². The van der Waals surface area contributed by atoms with E-state index >= 15 is 0 Å². The third kappa shape index (κ3) is 4.31. The van der Waals surface area contributed by atoms with Gasteiger partial charge in [-0.15, -0.1) is 0 Å². The summed E-state index contributed by atoms with van der Waals surface area (Å²) in [6, 6.07) is 0. The third-order valence-electron chi connectivity index (χ3n) is 5.14. The van der Waals surface area contributed by atoms with Crippen molar-refractivity contribution in [3.8, 4) is 0 Å². The number of morpholine rings is 1. The summed E-state index contributed by atoms with van der Waals surface area (Å²) in [5.41, 5.74) is 1.71. The lowest BCUT2D eigenvalue weighted by atomic mass is 9.94. The molecule has 2 fully saturated rings. The molecule has 2 heterocycles. The summed E-state index contributed by atoms with van der Waals surface area (Å²) in [6.45, 7) is 9.35. The largest absolute Gasteiger partial charge is 0.379 e. The maximum atomic E-state index is 5.43. The first-order chi connectivity index (χ1) is 9.90. The van der Waals surface area contributed by atoms with Gasteiger partial charge in [0, 0.05) is 26.2 Å². The van der Waals surface area contributed by atoms with Gasteiger partial charge >= 0.3 is 0 Å². The molecule has 0 aromatic heterocycles. The molecule has 0 aromatic rings. The summed E-state index contributed by atoms with van der Waals surface area (Å²) in [4.78, 5) is 5.29. The van der Waals surface area contributed by atoms with Crippen LogP contribution < -0.4 is 0 Å². The van der Waals surface area contributed by atoms with Crippen LogP contribution in [-0.4, -0.2) is 62.3 Å². The van der Waals surface area contributed by atoms with Crippen LogP contribution >= 0.6 is 0 Å². The molecule has 3 rings (SSSR count). The van der Waals surface area contributed by atoms with Gasteiger partial charge < -0.3 is 4.74 Å². The fraction of sp³-hybridized carbons (Fsp3) is 0.882. The van der Waals surface area contributed by atoms with E-state index in [0.29, 0.717) is 0 Å². The molecule has 20 heavy (non-hydrogen) atoms. The summed E-state index contributed by atoms with van der Waals surface area (Å²) in [6.07, 6.45) is 10.8. The Morgan fingerprint density at radius 2 is 1.80 bits per heavy atom. The molecular weight excluding hydrogens is 248 g/mol. The molecule has 0 atom stereocenters. The highest BCUT2D eigenvalue weighted by Crippen LogP contribution is 2.23. The minimum atomic E-state index is 0.921. The number of nitrogens with zero attached hydrogens (tertiary/aromatic N) is 2. The molecule has 114 valence electrons. The Hall–Kier alpha value is -0.380. The lowest BCUT2D eigenvalue weighted by molar-refractivity contribution is 0.0248. The normalized spacial score (nSPS) is 27.5. The second-order valence-corrected chi connectivity index (χ2v) is 6.74. The van der Waals surface area contributed by atoms with Gasteiger partial charge in [-0.1, -0.05) is 11.6 Å². The number of allylic oxidation sites excluding steroid dienone is 1. The molecule has 2 aliphatic heterocycles. The summed E-state index contributed by atoms with van der Waals surface area (Å²) in [5, 5.41) is 0. The van der Waals surface area contributed by atoms with Crippen molar-refractivity contribution in [1.29, 1.82) is 0 Å². The highest BCUT2D eigenvalue weighted by atomic mass is 16.5. The van der Waals surface area contributed by atoms with Crippen molar-refractivity contribution in [3.05, 3.63) is 11.6 Å². The minimum Gasteiger partial charge on any atom is -0.379 e. The summed E-state index contributed by atoms with van der Waals surface area (Å²) < 4.78 is 5.43. The van der Waals surface area contributed by atoms with Crippen LogP contribution in [0.3, 0.4) is 0 Å². The monoisotopic (exact) mass is 278 g/mol. The Bertz CT molecular complexity index is 315. The lowest BCUT2D eigenvalue weighted by Crippen LogP contribution is -2.43. The predicted octanol–water partition coefficient (Wildman–Crippen LogP) is 2.53. The molecule has 0 amide bonds. The van der Waals surface area contributed by atoms with E-state index in [1.54, 1.807) is 5.57 Å². The first kappa shape index (κ1) is 14.6. The zero-order valence-corrected chi connectivity index (χ0v) is 12.9. The summed E-state index contributed by atoms with van der Waals surface area (Å²) in [5.74, 6) is 0.921. The van der Waals surface area contributed by atoms with E-state index in [-0.39, 0.29) is 0 Å². The van der Waals surface area contributed by atoms with Crippen molar-refractivity contribution in [2.45, 2.75) is 38.5 Å². The van der Waals surface area contributed by atoms with Crippen LogP contribution in [0.1, 0.15) is 38.5 Å². The SMILES string of the molecule is C1=C(CN2CCC(CN3CCOCC3)CC2)CCCC1. The highest BCUT2D eigenvalue weighted by Gasteiger charge is 2.22. The lowest BCUT2D eigenvalue weighted by Gasteiger charge is -2.36. The second kappa shape index (κ2) is 7.58. The number of likely N-dealkylation sites (tertiary alicyclic amines) is 1. The molecule has 0 N–H and O–H groups in total. The fourth-order valence-corrected chi connectivity index (χ4v) is 3.81. The van der Waals surface area contributed by atoms with Gasteiger partial charge in [0.05, 0.1) is 13.2 Å². The molecular formula is C17H30N2O. The van der Waals surface area contributed by atoms with Crippen molar-refractivity contribution in [1.82, 2.24) is 9.80 Å². The van der Waals surface area contributed by atoms with Crippen LogP contribution in [0.5, 0.6) is 0 Å². The molecule has 0 aromatic carbocycles. The van der Waals surface area contributed by atoms with E-state index in [0.717, 1.165) is 32.2 Å². The van der Waals surface area contributed by atoms with Crippen LogP contribution in [-0.2, 0) is 4.74 Å². The molecule has 2 saturated heterocycles. The van der Waals surface area contributed by atoms with Gasteiger partial charge in [0.15, 0.2) is 0 Å². The molecule has 0 spiro atoms. The van der Waals surface area contributed by atoms with E-state index in [4.69, 9.17) is 4.74 Å². The standard InChI is InChI=1S/C17H30N2O/c1-2-4-16(5-3-1)14-18-8-6-17(7-9-18)15-19-10-12-20-13-11-19/h4,17H,1-3,5-15H2. The van der Waals surface area contributed by atoms with Gasteiger partial charge in [-0.05, 0) is 57.5 Å². The van der Waals surface area contributed by atoms with Crippen LogP contribution in [0.15, 0.2) is 11.6 Å². The quantitative estimate of drug-likeness (QED) is 0.735. The van der Waals surface area contributed by atoms with E-state index in [2.05, 4.69) is 15.9 Å². The molecule has 3 nitrogen and oxygen atoms in total. The highest BCUT2D eigenvalue weighted by molar-refractivity contribution is 5.07. The van der Waals surface area contributed by atoms with Gasteiger partial charge in [0.25, 0.3) is 0 Å². The van der Waals surface area contributed by atoms with Crippen LogP contribution in [0.25, 0.3) is 0 Å². The van der Waals surface area contributed by atoms with Crippen LogP contribution in [0.2, 0.25) is 0 Å². The maximum absolute atomic E-state index is 5.43. The van der Waals surface area contributed by atoms with Gasteiger partial charge in [0.1, 0.15) is 0 Å². The first-order valence-corrected chi connectivity index (χ1v) is 8.60. The van der Waals surface area contributed by atoms with Gasteiger partial charge in [0.2, 0.25) is 0 Å². The average Bonchev–Trinajstić information content (AvgIpc) is 2.51. The van der Waals surface area contributed by atoms with E-state index in [1.807, 2.05) is 0 Å². The van der Waals surface area contributed by atoms with E-state index in [9.17, 15) is 0 Å². The Kier molecular flexibility index (Phi) is 5.51. The molecule has 0 radical (unpaired) electrons. The third-order valence-corrected chi connectivity index (χ3v) is 5.14. The Balaban J connectivity index is 1.37. The zero-order valence-electron chi connectivity index (χ0n) is 12.9. The maximum Gasteiger partial charge on any atom is 0.0594 e. The van der Waals surface area contributed by atoms with Gasteiger partial charge in [-0.2, -0.15) is 0 Å². The number of rotatable bonds is 4. The minimum absolute atomic E-state index is 0.921. The number of piperidine rings is 1. The smallest absolute Gasteiger partial charge is 0.0594 e. The Morgan fingerprint density at radius 1 is 1.00 bits per heavy atom. The molecule has 0 unspecified atom stereocenters. The van der Waals surface area contributed by atoms with Crippen LogP contribution in [0, 0.1) is 5.92 Å². The summed E-state index contributed by atoms with van der Waals surface area (Å²) >= 11 is 0. The predicted molar refractivity (Wildman–Crippen MR) is 83.0 cm³/mol. The molecule has 3 aliphatic rings. The van der Waals surface area contributed by atoms with Crippen molar-refractivity contribution in [2.24, 2.45) is 5.92 Å². The molecule has 0 saturated carbocycles. The van der Waals surface area contributed by atoms with Crippen molar-refractivity contribution in [2.75, 3.05) is 52.5 Å². The number of hydrogen-bond acceptors (Lipinski definition) is 3.